The van der Waals surface area contributed by atoms with Crippen LogP contribution in [0.3, 0.4) is 0 Å². The first kappa shape index (κ1) is 15.2. The summed E-state index contributed by atoms with van der Waals surface area (Å²) in [6.07, 6.45) is 1.96. The first-order chi connectivity index (χ1) is 11.1. The van der Waals surface area contributed by atoms with Gasteiger partial charge >= 0.3 is 0 Å². The number of nitrogens with two attached hydrogens (primary N) is 1. The van der Waals surface area contributed by atoms with Crippen molar-refractivity contribution in [1.29, 1.82) is 0 Å². The quantitative estimate of drug-likeness (QED) is 0.763. The summed E-state index contributed by atoms with van der Waals surface area (Å²) in [6, 6.07) is 10.6. The van der Waals surface area contributed by atoms with Crippen molar-refractivity contribution in [2.45, 2.75) is 18.9 Å². The van der Waals surface area contributed by atoms with E-state index in [1.54, 1.807) is 12.1 Å². The van der Waals surface area contributed by atoms with E-state index in [0.29, 0.717) is 5.69 Å². The van der Waals surface area contributed by atoms with Crippen LogP contribution in [0.25, 0.3) is 5.69 Å². The van der Waals surface area contributed by atoms with Crippen LogP contribution in [-0.4, -0.2) is 40.7 Å². The molecule has 2 heterocycles. The molecular weight excluding hydrogens is 294 g/mol. The van der Waals surface area contributed by atoms with Crippen LogP contribution in [0.2, 0.25) is 0 Å². The van der Waals surface area contributed by atoms with E-state index in [1.165, 1.54) is 10.7 Å². The van der Waals surface area contributed by atoms with Gasteiger partial charge in [0.05, 0.1) is 5.69 Å². The normalized spacial score (nSPS) is 17.7. The Bertz CT molecular complexity index is 705. The number of nitrogens with one attached hydrogen (secondary N) is 2. The number of para-hydroxylation sites is 1. The van der Waals surface area contributed by atoms with E-state index in [1.807, 2.05) is 18.2 Å². The maximum absolute atomic E-state index is 12.4. The van der Waals surface area contributed by atoms with E-state index < -0.39 is 5.91 Å². The Morgan fingerprint density at radius 3 is 2.74 bits per heavy atom. The summed E-state index contributed by atoms with van der Waals surface area (Å²) in [4.78, 5) is 24.0. The van der Waals surface area contributed by atoms with E-state index in [0.717, 1.165) is 25.9 Å². The summed E-state index contributed by atoms with van der Waals surface area (Å²) < 4.78 is 1.40. The van der Waals surface area contributed by atoms with Crippen LogP contribution in [0.1, 0.15) is 33.8 Å². The SMILES string of the molecule is NC(=O)c1cc(C(=O)N[C@H]2CCCNC2)nn1-c1ccccc1. The minimum Gasteiger partial charge on any atom is -0.364 e. The summed E-state index contributed by atoms with van der Waals surface area (Å²) in [7, 11) is 0. The van der Waals surface area contributed by atoms with Gasteiger partial charge in [0.25, 0.3) is 11.8 Å². The Kier molecular flexibility index (Phi) is 4.38. The molecule has 1 fully saturated rings. The fourth-order valence-electron chi connectivity index (χ4n) is 2.67. The van der Waals surface area contributed by atoms with Crippen molar-refractivity contribution in [3.8, 4) is 5.69 Å². The molecule has 0 unspecified atom stereocenters. The molecule has 3 rings (SSSR count). The number of primary amides is 1. The van der Waals surface area contributed by atoms with Gasteiger partial charge in [-0.3, -0.25) is 9.59 Å². The molecular formula is C16H19N5O2. The lowest BCUT2D eigenvalue weighted by molar-refractivity contribution is 0.0924. The average Bonchev–Trinajstić information content (AvgIpc) is 3.02. The standard InChI is InChI=1S/C16H19N5O2/c17-15(22)14-9-13(16(23)19-11-5-4-8-18-10-11)20-21(14)12-6-2-1-3-7-12/h1-3,6-7,9,11,18H,4-5,8,10H2,(H2,17,22)(H,19,23)/t11-/m0/s1. The van der Waals surface area contributed by atoms with E-state index in [-0.39, 0.29) is 23.3 Å². The van der Waals surface area contributed by atoms with E-state index in [4.69, 9.17) is 5.73 Å². The van der Waals surface area contributed by atoms with E-state index in [9.17, 15) is 9.59 Å². The van der Waals surface area contributed by atoms with Crippen molar-refractivity contribution in [2.24, 2.45) is 5.73 Å². The molecule has 0 radical (unpaired) electrons. The van der Waals surface area contributed by atoms with Crippen molar-refractivity contribution in [1.82, 2.24) is 20.4 Å². The molecule has 2 amide bonds. The third-order valence-electron chi connectivity index (χ3n) is 3.83. The lowest BCUT2D eigenvalue weighted by Gasteiger charge is -2.23. The van der Waals surface area contributed by atoms with E-state index >= 15 is 0 Å². The van der Waals surface area contributed by atoms with Crippen LogP contribution in [0.5, 0.6) is 0 Å². The van der Waals surface area contributed by atoms with Gasteiger partial charge in [0.15, 0.2) is 5.69 Å². The number of carbonyl (C=O) groups excluding carboxylic acids is 2. The number of benzene rings is 1. The molecule has 1 aliphatic heterocycles. The van der Waals surface area contributed by atoms with Crippen LogP contribution in [0, 0.1) is 0 Å². The molecule has 0 aliphatic carbocycles. The molecule has 7 nitrogen and oxygen atoms in total. The Labute approximate surface area is 133 Å². The molecule has 7 heteroatoms. The first-order valence-electron chi connectivity index (χ1n) is 7.62. The van der Waals surface area contributed by atoms with Crippen LogP contribution in [0.4, 0.5) is 0 Å². The van der Waals surface area contributed by atoms with Crippen LogP contribution >= 0.6 is 0 Å². The van der Waals surface area contributed by atoms with Gasteiger partial charge in [0, 0.05) is 18.7 Å². The highest BCUT2D eigenvalue weighted by molar-refractivity contribution is 5.97. The maximum atomic E-state index is 12.4. The number of carbonyl (C=O) groups is 2. The largest absolute Gasteiger partial charge is 0.364 e. The maximum Gasteiger partial charge on any atom is 0.272 e. The van der Waals surface area contributed by atoms with Gasteiger partial charge in [-0.15, -0.1) is 0 Å². The lowest BCUT2D eigenvalue weighted by Crippen LogP contribution is -2.45. The second-order valence-corrected chi connectivity index (χ2v) is 5.54. The minimum atomic E-state index is -0.625. The van der Waals surface area contributed by atoms with Crippen LogP contribution < -0.4 is 16.4 Å². The third-order valence-corrected chi connectivity index (χ3v) is 3.83. The molecule has 0 saturated carbocycles. The summed E-state index contributed by atoms with van der Waals surface area (Å²) in [5.41, 5.74) is 6.46. The fourth-order valence-corrected chi connectivity index (χ4v) is 2.67. The summed E-state index contributed by atoms with van der Waals surface area (Å²) in [6.45, 7) is 1.72. The molecule has 0 bridgehead atoms. The van der Waals surface area contributed by atoms with Crippen molar-refractivity contribution in [3.63, 3.8) is 0 Å². The molecule has 1 atom stereocenters. The molecule has 1 saturated heterocycles. The van der Waals surface area contributed by atoms with Gasteiger partial charge in [-0.05, 0) is 31.5 Å². The molecule has 0 spiro atoms. The Morgan fingerprint density at radius 2 is 2.09 bits per heavy atom. The number of hydrogen-bond donors (Lipinski definition) is 3. The van der Waals surface area contributed by atoms with Gasteiger partial charge in [-0.25, -0.2) is 4.68 Å². The molecule has 1 aromatic carbocycles. The lowest BCUT2D eigenvalue weighted by atomic mass is 10.1. The van der Waals surface area contributed by atoms with Gasteiger partial charge in [-0.1, -0.05) is 18.2 Å². The van der Waals surface area contributed by atoms with Crippen LogP contribution in [-0.2, 0) is 0 Å². The predicted octanol–water partition coefficient (Wildman–Crippen LogP) is 0.453. The Morgan fingerprint density at radius 1 is 1.30 bits per heavy atom. The minimum absolute atomic E-state index is 0.0788. The number of rotatable bonds is 4. The Balaban J connectivity index is 1.85. The van der Waals surface area contributed by atoms with Gasteiger partial charge in [0.2, 0.25) is 0 Å². The smallest absolute Gasteiger partial charge is 0.272 e. The van der Waals surface area contributed by atoms with Crippen molar-refractivity contribution in [3.05, 3.63) is 47.8 Å². The number of piperidine rings is 1. The van der Waals surface area contributed by atoms with Gasteiger partial charge in [0.1, 0.15) is 5.69 Å². The van der Waals surface area contributed by atoms with Crippen molar-refractivity contribution >= 4 is 11.8 Å². The Hall–Kier alpha value is -2.67. The van der Waals surface area contributed by atoms with Gasteiger partial charge in [-0.2, -0.15) is 5.10 Å². The zero-order valence-electron chi connectivity index (χ0n) is 12.7. The zero-order valence-corrected chi connectivity index (χ0v) is 12.7. The second kappa shape index (κ2) is 6.62. The summed E-state index contributed by atoms with van der Waals surface area (Å²) in [5.74, 6) is -0.921. The predicted molar refractivity (Wildman–Crippen MR) is 85.4 cm³/mol. The monoisotopic (exact) mass is 313 g/mol. The second-order valence-electron chi connectivity index (χ2n) is 5.54. The van der Waals surface area contributed by atoms with E-state index in [2.05, 4.69) is 15.7 Å². The van der Waals surface area contributed by atoms with Crippen molar-refractivity contribution in [2.75, 3.05) is 13.1 Å². The highest BCUT2D eigenvalue weighted by Gasteiger charge is 2.21. The molecule has 120 valence electrons. The van der Waals surface area contributed by atoms with Crippen molar-refractivity contribution < 1.29 is 9.59 Å². The number of hydrogen-bond acceptors (Lipinski definition) is 4. The number of aromatic nitrogens is 2. The third kappa shape index (κ3) is 3.40. The average molecular weight is 313 g/mol. The zero-order chi connectivity index (χ0) is 16.2. The molecule has 1 aromatic heterocycles. The number of nitrogens with zero attached hydrogens (tertiary/aromatic N) is 2. The molecule has 1 aliphatic rings. The summed E-state index contributed by atoms with van der Waals surface area (Å²) >= 11 is 0. The topological polar surface area (TPSA) is 102 Å². The highest BCUT2D eigenvalue weighted by Crippen LogP contribution is 2.13. The highest BCUT2D eigenvalue weighted by atomic mass is 16.2. The first-order valence-corrected chi connectivity index (χ1v) is 7.62. The number of amides is 2. The fraction of sp³-hybridized carbons (Fsp3) is 0.312. The molecule has 2 aromatic rings. The summed E-state index contributed by atoms with van der Waals surface area (Å²) in [5, 5.41) is 10.4. The van der Waals surface area contributed by atoms with Gasteiger partial charge < -0.3 is 16.4 Å². The molecule has 4 N–H and O–H groups in total. The van der Waals surface area contributed by atoms with Crippen LogP contribution in [0.15, 0.2) is 36.4 Å². The molecule has 23 heavy (non-hydrogen) atoms.